The number of hydrogen-bond acceptors (Lipinski definition) is 1. The lowest BCUT2D eigenvalue weighted by Gasteiger charge is -2.32. The van der Waals surface area contributed by atoms with E-state index < -0.39 is 0 Å². The van der Waals surface area contributed by atoms with Crippen molar-refractivity contribution < 1.29 is 0 Å². The van der Waals surface area contributed by atoms with Crippen molar-refractivity contribution in [3.8, 4) is 0 Å². The molecule has 0 aromatic rings. The van der Waals surface area contributed by atoms with Crippen molar-refractivity contribution in [3.05, 3.63) is 0 Å². The molecule has 72 valence electrons. The second-order valence-corrected chi connectivity index (χ2v) is 4.53. The highest BCUT2D eigenvalue weighted by Crippen LogP contribution is 2.22. The number of likely N-dealkylation sites (tertiary alicyclic amines) is 1. The lowest BCUT2D eigenvalue weighted by Crippen LogP contribution is -2.35. The van der Waals surface area contributed by atoms with E-state index in [9.17, 15) is 0 Å². The summed E-state index contributed by atoms with van der Waals surface area (Å²) >= 11 is 0. The number of hydrogen-bond donors (Lipinski definition) is 0. The minimum absolute atomic E-state index is 0.881. The van der Waals surface area contributed by atoms with Crippen LogP contribution in [0.25, 0.3) is 0 Å². The molecule has 0 bridgehead atoms. The largest absolute Gasteiger partial charge is 0.303 e. The van der Waals surface area contributed by atoms with E-state index in [0.29, 0.717) is 0 Å². The smallest absolute Gasteiger partial charge is 0.000965 e. The topological polar surface area (TPSA) is 3.24 Å². The number of nitrogens with zero attached hydrogens (tertiary/aromatic N) is 1. The highest BCUT2D eigenvalue weighted by molar-refractivity contribution is 4.72. The van der Waals surface area contributed by atoms with E-state index in [1.54, 1.807) is 0 Å². The molecule has 1 heteroatoms. The zero-order chi connectivity index (χ0) is 8.97. The van der Waals surface area contributed by atoms with Gasteiger partial charge in [-0.15, -0.1) is 0 Å². The molecule has 0 radical (unpaired) electrons. The second-order valence-electron chi connectivity index (χ2n) is 4.53. The van der Waals surface area contributed by atoms with Gasteiger partial charge in [0.2, 0.25) is 0 Å². The van der Waals surface area contributed by atoms with Crippen LogP contribution in [0.3, 0.4) is 0 Å². The van der Waals surface area contributed by atoms with Gasteiger partial charge in [-0.2, -0.15) is 0 Å². The molecule has 0 aliphatic carbocycles. The average molecular weight is 169 g/mol. The minimum Gasteiger partial charge on any atom is -0.303 e. The summed E-state index contributed by atoms with van der Waals surface area (Å²) in [5.74, 6) is 1.87. The molecule has 1 fully saturated rings. The Morgan fingerprint density at radius 3 is 2.75 bits per heavy atom. The van der Waals surface area contributed by atoms with Crippen molar-refractivity contribution >= 4 is 0 Å². The van der Waals surface area contributed by atoms with Crippen LogP contribution in [0.5, 0.6) is 0 Å². The van der Waals surface area contributed by atoms with Gasteiger partial charge in [-0.25, -0.2) is 0 Å². The van der Waals surface area contributed by atoms with Crippen LogP contribution in [0.15, 0.2) is 0 Å². The van der Waals surface area contributed by atoms with E-state index in [1.807, 2.05) is 0 Å². The average Bonchev–Trinajstić information content (AvgIpc) is 2.03. The Kier molecular flexibility index (Phi) is 4.07. The van der Waals surface area contributed by atoms with E-state index in [-0.39, 0.29) is 0 Å². The van der Waals surface area contributed by atoms with Crippen molar-refractivity contribution in [2.24, 2.45) is 11.8 Å². The Bertz CT molecular complexity index is 120. The number of piperidine rings is 1. The van der Waals surface area contributed by atoms with Crippen molar-refractivity contribution in [1.82, 2.24) is 4.90 Å². The molecule has 0 amide bonds. The third-order valence-electron chi connectivity index (χ3n) is 2.86. The highest BCUT2D eigenvalue weighted by atomic mass is 15.1. The summed E-state index contributed by atoms with van der Waals surface area (Å²) in [6.07, 6.45) is 4.32. The lowest BCUT2D eigenvalue weighted by atomic mass is 9.90. The van der Waals surface area contributed by atoms with Gasteiger partial charge < -0.3 is 4.90 Å². The van der Waals surface area contributed by atoms with Crippen LogP contribution < -0.4 is 0 Å². The summed E-state index contributed by atoms with van der Waals surface area (Å²) in [5.41, 5.74) is 0. The predicted molar refractivity (Wildman–Crippen MR) is 54.3 cm³/mol. The molecule has 0 unspecified atom stereocenters. The molecule has 1 rings (SSSR count). The maximum absolute atomic E-state index is 2.59. The fourth-order valence-corrected chi connectivity index (χ4v) is 2.30. The Labute approximate surface area is 77.1 Å². The molecule has 1 heterocycles. The van der Waals surface area contributed by atoms with Crippen LogP contribution in [-0.2, 0) is 0 Å². The molecule has 12 heavy (non-hydrogen) atoms. The molecule has 1 aliphatic heterocycles. The van der Waals surface area contributed by atoms with Crippen molar-refractivity contribution in [3.63, 3.8) is 0 Å². The van der Waals surface area contributed by atoms with Gasteiger partial charge in [0.05, 0.1) is 0 Å². The monoisotopic (exact) mass is 169 g/mol. The van der Waals surface area contributed by atoms with Crippen molar-refractivity contribution in [2.45, 2.75) is 40.0 Å². The highest BCUT2D eigenvalue weighted by Gasteiger charge is 2.18. The van der Waals surface area contributed by atoms with Crippen LogP contribution in [0.1, 0.15) is 40.0 Å². The van der Waals surface area contributed by atoms with Crippen LogP contribution in [0.2, 0.25) is 0 Å². The summed E-state index contributed by atoms with van der Waals surface area (Å²) in [6.45, 7) is 10.9. The third kappa shape index (κ3) is 3.14. The first-order valence-electron chi connectivity index (χ1n) is 5.44. The molecular weight excluding hydrogens is 146 g/mol. The minimum atomic E-state index is 0.881. The third-order valence-corrected chi connectivity index (χ3v) is 2.86. The number of rotatable bonds is 3. The maximum atomic E-state index is 2.59. The Balaban J connectivity index is 2.25. The van der Waals surface area contributed by atoms with Gasteiger partial charge in [0.1, 0.15) is 0 Å². The molecule has 0 spiro atoms. The van der Waals surface area contributed by atoms with Crippen LogP contribution in [-0.4, -0.2) is 24.5 Å². The quantitative estimate of drug-likeness (QED) is 0.628. The van der Waals surface area contributed by atoms with Gasteiger partial charge in [-0.05, 0) is 44.2 Å². The van der Waals surface area contributed by atoms with E-state index in [4.69, 9.17) is 0 Å². The van der Waals surface area contributed by atoms with Crippen molar-refractivity contribution in [1.29, 1.82) is 0 Å². The van der Waals surface area contributed by atoms with Gasteiger partial charge >= 0.3 is 0 Å². The molecular formula is C11H23N. The Hall–Kier alpha value is -0.0400. The molecule has 1 nitrogen and oxygen atoms in total. The summed E-state index contributed by atoms with van der Waals surface area (Å²) in [5, 5.41) is 0. The summed E-state index contributed by atoms with van der Waals surface area (Å²) < 4.78 is 0. The SMILES string of the molecule is CCN1CCC[C@@H](CC(C)C)C1. The van der Waals surface area contributed by atoms with E-state index in [0.717, 1.165) is 11.8 Å². The van der Waals surface area contributed by atoms with Crippen LogP contribution in [0, 0.1) is 11.8 Å². The molecule has 0 N–H and O–H groups in total. The molecule has 0 saturated carbocycles. The summed E-state index contributed by atoms with van der Waals surface area (Å²) in [7, 11) is 0. The van der Waals surface area contributed by atoms with Gasteiger partial charge in [-0.3, -0.25) is 0 Å². The zero-order valence-corrected chi connectivity index (χ0v) is 8.84. The lowest BCUT2D eigenvalue weighted by molar-refractivity contribution is 0.166. The van der Waals surface area contributed by atoms with Gasteiger partial charge in [-0.1, -0.05) is 20.8 Å². The molecule has 0 aromatic carbocycles. The predicted octanol–water partition coefficient (Wildman–Crippen LogP) is 2.76. The standard InChI is InChI=1S/C11H23N/c1-4-12-7-5-6-11(9-12)8-10(2)3/h10-11H,4-9H2,1-3H3/t11-/m0/s1. The summed E-state index contributed by atoms with van der Waals surface area (Å²) in [6, 6.07) is 0. The normalized spacial score (nSPS) is 26.5. The molecule has 1 atom stereocenters. The first-order valence-corrected chi connectivity index (χ1v) is 5.44. The van der Waals surface area contributed by atoms with E-state index in [1.165, 1.54) is 38.9 Å². The maximum Gasteiger partial charge on any atom is 0.000965 e. The van der Waals surface area contributed by atoms with Gasteiger partial charge in [0, 0.05) is 6.54 Å². The van der Waals surface area contributed by atoms with Gasteiger partial charge in [0.25, 0.3) is 0 Å². The first-order chi connectivity index (χ1) is 5.72. The second kappa shape index (κ2) is 4.86. The summed E-state index contributed by atoms with van der Waals surface area (Å²) in [4.78, 5) is 2.59. The zero-order valence-electron chi connectivity index (χ0n) is 8.84. The Morgan fingerprint density at radius 2 is 2.17 bits per heavy atom. The fourth-order valence-electron chi connectivity index (χ4n) is 2.30. The van der Waals surface area contributed by atoms with E-state index >= 15 is 0 Å². The Morgan fingerprint density at radius 1 is 1.42 bits per heavy atom. The molecule has 1 aliphatic rings. The molecule has 1 saturated heterocycles. The van der Waals surface area contributed by atoms with Gasteiger partial charge in [0.15, 0.2) is 0 Å². The first kappa shape index (κ1) is 10.0. The van der Waals surface area contributed by atoms with Crippen LogP contribution >= 0.6 is 0 Å². The van der Waals surface area contributed by atoms with E-state index in [2.05, 4.69) is 25.7 Å². The molecule has 0 aromatic heterocycles. The van der Waals surface area contributed by atoms with Crippen LogP contribution in [0.4, 0.5) is 0 Å². The fraction of sp³-hybridized carbons (Fsp3) is 1.00. The van der Waals surface area contributed by atoms with Crippen molar-refractivity contribution in [2.75, 3.05) is 19.6 Å².